The van der Waals surface area contributed by atoms with Gasteiger partial charge >= 0.3 is 0 Å². The Balaban J connectivity index is 1.45. The fraction of sp³-hybridized carbons (Fsp3) is 0.364. The van der Waals surface area contributed by atoms with E-state index >= 15 is 0 Å². The van der Waals surface area contributed by atoms with Gasteiger partial charge in [0.1, 0.15) is 12.1 Å². The highest BCUT2D eigenvalue weighted by Gasteiger charge is 2.31. The van der Waals surface area contributed by atoms with Crippen LogP contribution < -0.4 is 21.7 Å². The van der Waals surface area contributed by atoms with Gasteiger partial charge < -0.3 is 21.5 Å². The van der Waals surface area contributed by atoms with E-state index in [1.54, 1.807) is 19.1 Å². The number of nitrogens with one attached hydrogen (secondary N) is 4. The Labute approximate surface area is 171 Å². The van der Waals surface area contributed by atoms with Crippen LogP contribution in [0, 0.1) is 5.41 Å². The van der Waals surface area contributed by atoms with Crippen LogP contribution in [0.15, 0.2) is 54.6 Å². The van der Waals surface area contributed by atoms with Crippen molar-refractivity contribution in [1.82, 2.24) is 16.0 Å². The number of benzene rings is 2. The number of carbonyl (C=O) groups is 1. The smallest absolute Gasteiger partial charge is 0.237 e. The lowest BCUT2D eigenvalue weighted by atomic mass is 9.96. The van der Waals surface area contributed by atoms with Gasteiger partial charge in [0.2, 0.25) is 5.91 Å². The molecule has 7 N–H and O–H groups in total. The molecule has 0 saturated carbocycles. The van der Waals surface area contributed by atoms with Crippen molar-refractivity contribution < 1.29 is 9.90 Å². The molecule has 7 heteroatoms. The van der Waals surface area contributed by atoms with Gasteiger partial charge in [0.15, 0.2) is 0 Å². The molecule has 1 heterocycles. The van der Waals surface area contributed by atoms with Gasteiger partial charge in [0.05, 0.1) is 12.1 Å². The SMILES string of the molecule is C[C@H](NC(=O)[C@H]1C[C@@H](c2ccccc2)CN1)C(O)NCc1ccc(C(=N)N)cc1. The Hall–Kier alpha value is -2.74. The van der Waals surface area contributed by atoms with E-state index in [1.165, 1.54) is 5.56 Å². The number of aliphatic hydroxyl groups excluding tert-OH is 1. The zero-order chi connectivity index (χ0) is 20.8. The first-order chi connectivity index (χ1) is 13.9. The molecule has 0 aromatic heterocycles. The number of hydrogen-bond donors (Lipinski definition) is 6. The maximum Gasteiger partial charge on any atom is 0.237 e. The summed E-state index contributed by atoms with van der Waals surface area (Å²) in [7, 11) is 0. The summed E-state index contributed by atoms with van der Waals surface area (Å²) in [5, 5.41) is 26.9. The highest BCUT2D eigenvalue weighted by atomic mass is 16.3. The average molecular weight is 396 g/mol. The molecule has 0 spiro atoms. The lowest BCUT2D eigenvalue weighted by Crippen LogP contribution is -2.52. The first kappa shape index (κ1) is 21.0. The van der Waals surface area contributed by atoms with E-state index in [0.717, 1.165) is 18.5 Å². The molecule has 3 rings (SSSR count). The Morgan fingerprint density at radius 3 is 2.59 bits per heavy atom. The number of hydrogen-bond acceptors (Lipinski definition) is 5. The summed E-state index contributed by atoms with van der Waals surface area (Å²) < 4.78 is 0. The normalized spacial score (nSPS) is 20.8. The summed E-state index contributed by atoms with van der Waals surface area (Å²) in [5.41, 5.74) is 8.30. The van der Waals surface area contributed by atoms with Crippen LogP contribution in [-0.4, -0.2) is 41.7 Å². The van der Waals surface area contributed by atoms with E-state index in [9.17, 15) is 9.90 Å². The highest BCUT2D eigenvalue weighted by Crippen LogP contribution is 2.25. The average Bonchev–Trinajstić information content (AvgIpc) is 3.23. The van der Waals surface area contributed by atoms with E-state index < -0.39 is 12.3 Å². The fourth-order valence-corrected chi connectivity index (χ4v) is 3.52. The van der Waals surface area contributed by atoms with Gasteiger partial charge in [-0.1, -0.05) is 54.6 Å². The second-order valence-electron chi connectivity index (χ2n) is 7.54. The molecule has 2 aromatic carbocycles. The van der Waals surface area contributed by atoms with Crippen LogP contribution in [0.5, 0.6) is 0 Å². The number of amidine groups is 1. The Morgan fingerprint density at radius 2 is 1.93 bits per heavy atom. The largest absolute Gasteiger partial charge is 0.384 e. The van der Waals surface area contributed by atoms with Gasteiger partial charge in [-0.2, -0.15) is 0 Å². The van der Waals surface area contributed by atoms with E-state index in [1.807, 2.05) is 30.3 Å². The van der Waals surface area contributed by atoms with Gasteiger partial charge in [-0.3, -0.25) is 15.5 Å². The summed E-state index contributed by atoms with van der Waals surface area (Å²) in [6, 6.07) is 16.8. The number of rotatable bonds is 8. The molecule has 1 aliphatic heterocycles. The summed E-state index contributed by atoms with van der Waals surface area (Å²) in [6.07, 6.45) is -0.132. The van der Waals surface area contributed by atoms with Crippen LogP contribution in [-0.2, 0) is 11.3 Å². The molecule has 1 aliphatic rings. The van der Waals surface area contributed by atoms with E-state index in [2.05, 4.69) is 28.1 Å². The van der Waals surface area contributed by atoms with Gasteiger partial charge in [0.25, 0.3) is 0 Å². The number of carbonyl (C=O) groups excluding carboxylic acids is 1. The molecule has 1 amide bonds. The zero-order valence-electron chi connectivity index (χ0n) is 16.6. The van der Waals surface area contributed by atoms with Gasteiger partial charge in [-0.15, -0.1) is 0 Å². The summed E-state index contributed by atoms with van der Waals surface area (Å²) >= 11 is 0. The quantitative estimate of drug-likeness (QED) is 0.226. The maximum atomic E-state index is 12.6. The van der Waals surface area contributed by atoms with Crippen molar-refractivity contribution in [2.75, 3.05) is 6.54 Å². The highest BCUT2D eigenvalue weighted by molar-refractivity contribution is 5.94. The minimum atomic E-state index is -0.877. The molecule has 4 atom stereocenters. The fourth-order valence-electron chi connectivity index (χ4n) is 3.52. The lowest BCUT2D eigenvalue weighted by Gasteiger charge is -2.23. The summed E-state index contributed by atoms with van der Waals surface area (Å²) in [5.74, 6) is 0.252. The first-order valence-electron chi connectivity index (χ1n) is 9.87. The summed E-state index contributed by atoms with van der Waals surface area (Å²) in [6.45, 7) is 2.99. The topological polar surface area (TPSA) is 123 Å². The third-order valence-electron chi connectivity index (χ3n) is 5.34. The molecule has 1 unspecified atom stereocenters. The molecule has 0 radical (unpaired) electrons. The molecule has 0 bridgehead atoms. The second-order valence-corrected chi connectivity index (χ2v) is 7.54. The van der Waals surface area contributed by atoms with Crippen molar-refractivity contribution in [2.45, 2.75) is 44.1 Å². The van der Waals surface area contributed by atoms with Crippen molar-refractivity contribution in [3.05, 3.63) is 71.3 Å². The lowest BCUT2D eigenvalue weighted by molar-refractivity contribution is -0.124. The van der Waals surface area contributed by atoms with Crippen molar-refractivity contribution in [1.29, 1.82) is 5.41 Å². The van der Waals surface area contributed by atoms with Gasteiger partial charge in [-0.25, -0.2) is 0 Å². The van der Waals surface area contributed by atoms with Crippen molar-refractivity contribution in [3.8, 4) is 0 Å². The first-order valence-corrected chi connectivity index (χ1v) is 9.87. The standard InChI is InChI=1S/C22H29N5O2/c1-14(21(28)26-12-15-7-9-17(10-8-15)20(23)24)27-22(29)19-11-18(13-25-19)16-5-3-2-4-6-16/h2-10,14,18-19,21,25-26,28H,11-13H2,1H3,(H3,23,24)(H,27,29)/t14-,18+,19+,21?/m0/s1. The van der Waals surface area contributed by atoms with Gasteiger partial charge in [0, 0.05) is 18.7 Å². The van der Waals surface area contributed by atoms with Crippen LogP contribution >= 0.6 is 0 Å². The van der Waals surface area contributed by atoms with Crippen molar-refractivity contribution in [3.63, 3.8) is 0 Å². The third kappa shape index (κ3) is 5.63. The molecular weight excluding hydrogens is 366 g/mol. The van der Waals surface area contributed by atoms with Crippen LogP contribution in [0.1, 0.15) is 36.0 Å². The molecule has 7 nitrogen and oxygen atoms in total. The minimum absolute atomic E-state index is 0.0240. The van der Waals surface area contributed by atoms with E-state index in [-0.39, 0.29) is 17.8 Å². The predicted molar refractivity (Wildman–Crippen MR) is 114 cm³/mol. The van der Waals surface area contributed by atoms with Crippen molar-refractivity contribution in [2.24, 2.45) is 5.73 Å². The zero-order valence-corrected chi connectivity index (χ0v) is 16.6. The van der Waals surface area contributed by atoms with E-state index in [4.69, 9.17) is 11.1 Å². The monoisotopic (exact) mass is 395 g/mol. The molecule has 154 valence electrons. The molecular formula is C22H29N5O2. The van der Waals surface area contributed by atoms with Gasteiger partial charge in [-0.05, 0) is 30.4 Å². The third-order valence-corrected chi connectivity index (χ3v) is 5.34. The second kappa shape index (κ2) is 9.65. The minimum Gasteiger partial charge on any atom is -0.384 e. The number of amides is 1. The maximum absolute atomic E-state index is 12.6. The molecule has 0 aliphatic carbocycles. The van der Waals surface area contributed by atoms with Crippen molar-refractivity contribution >= 4 is 11.7 Å². The number of aliphatic hydroxyl groups is 1. The molecule has 1 saturated heterocycles. The summed E-state index contributed by atoms with van der Waals surface area (Å²) in [4.78, 5) is 12.6. The van der Waals surface area contributed by atoms with Crippen LogP contribution in [0.25, 0.3) is 0 Å². The number of nitrogen functional groups attached to an aromatic ring is 1. The number of nitrogens with two attached hydrogens (primary N) is 1. The van der Waals surface area contributed by atoms with Crippen LogP contribution in [0.3, 0.4) is 0 Å². The Bertz CT molecular complexity index is 825. The molecule has 29 heavy (non-hydrogen) atoms. The van der Waals surface area contributed by atoms with Crippen LogP contribution in [0.2, 0.25) is 0 Å². The van der Waals surface area contributed by atoms with Crippen LogP contribution in [0.4, 0.5) is 0 Å². The predicted octanol–water partition coefficient (Wildman–Crippen LogP) is 1.03. The Kier molecular flexibility index (Phi) is 6.98. The van der Waals surface area contributed by atoms with E-state index in [0.29, 0.717) is 18.0 Å². The molecule has 2 aromatic rings. The molecule has 1 fully saturated rings. The Morgan fingerprint density at radius 1 is 1.24 bits per heavy atom.